The van der Waals surface area contributed by atoms with Crippen LogP contribution in [0.1, 0.15) is 22.7 Å². The first kappa shape index (κ1) is 14.1. The molecule has 2 rings (SSSR count). The van der Waals surface area contributed by atoms with Gasteiger partial charge in [0.25, 0.3) is 0 Å². The van der Waals surface area contributed by atoms with Gasteiger partial charge in [0, 0.05) is 6.20 Å². The normalized spacial score (nSPS) is 11.9. The predicted octanol–water partition coefficient (Wildman–Crippen LogP) is 2.81. The SMILES string of the molecule is COc1cccc(CC(C(=O)O)c2cc(C)ccn2)c1. The van der Waals surface area contributed by atoms with E-state index < -0.39 is 11.9 Å². The summed E-state index contributed by atoms with van der Waals surface area (Å²) in [7, 11) is 1.59. The first-order chi connectivity index (χ1) is 9.60. The van der Waals surface area contributed by atoms with Crippen LogP contribution in [-0.4, -0.2) is 23.2 Å². The molecule has 0 radical (unpaired) electrons. The first-order valence-corrected chi connectivity index (χ1v) is 6.38. The molecule has 1 heterocycles. The smallest absolute Gasteiger partial charge is 0.312 e. The van der Waals surface area contributed by atoms with Crippen LogP contribution in [0.4, 0.5) is 0 Å². The van der Waals surface area contributed by atoms with E-state index in [-0.39, 0.29) is 0 Å². The fraction of sp³-hybridized carbons (Fsp3) is 0.250. The van der Waals surface area contributed by atoms with Gasteiger partial charge in [-0.2, -0.15) is 0 Å². The fourth-order valence-electron chi connectivity index (χ4n) is 2.10. The number of ether oxygens (including phenoxy) is 1. The minimum Gasteiger partial charge on any atom is -0.497 e. The van der Waals surface area contributed by atoms with E-state index in [0.29, 0.717) is 12.1 Å². The van der Waals surface area contributed by atoms with Crippen LogP contribution >= 0.6 is 0 Å². The molecule has 0 saturated heterocycles. The van der Waals surface area contributed by atoms with Gasteiger partial charge in [-0.1, -0.05) is 12.1 Å². The summed E-state index contributed by atoms with van der Waals surface area (Å²) < 4.78 is 5.16. The first-order valence-electron chi connectivity index (χ1n) is 6.38. The van der Waals surface area contributed by atoms with Gasteiger partial charge in [-0.3, -0.25) is 9.78 Å². The number of methoxy groups -OCH3 is 1. The van der Waals surface area contributed by atoms with Gasteiger partial charge in [0.1, 0.15) is 11.7 Å². The Balaban J connectivity index is 2.28. The summed E-state index contributed by atoms with van der Waals surface area (Å²) >= 11 is 0. The molecule has 4 heteroatoms. The molecule has 1 aromatic carbocycles. The van der Waals surface area contributed by atoms with Gasteiger partial charge in [-0.15, -0.1) is 0 Å². The van der Waals surface area contributed by atoms with Gasteiger partial charge >= 0.3 is 5.97 Å². The summed E-state index contributed by atoms with van der Waals surface area (Å²) in [5.41, 5.74) is 2.51. The second-order valence-electron chi connectivity index (χ2n) is 4.70. The van der Waals surface area contributed by atoms with E-state index in [2.05, 4.69) is 4.98 Å². The van der Waals surface area contributed by atoms with Gasteiger partial charge in [-0.25, -0.2) is 0 Å². The summed E-state index contributed by atoms with van der Waals surface area (Å²) in [6.07, 6.45) is 2.04. The van der Waals surface area contributed by atoms with E-state index >= 15 is 0 Å². The number of rotatable bonds is 5. The summed E-state index contributed by atoms with van der Waals surface area (Å²) in [6, 6.07) is 11.1. The number of aromatic nitrogens is 1. The Morgan fingerprint density at radius 3 is 2.80 bits per heavy atom. The van der Waals surface area contributed by atoms with Crippen LogP contribution in [0.5, 0.6) is 5.75 Å². The topological polar surface area (TPSA) is 59.4 Å². The molecule has 2 aromatic rings. The zero-order valence-corrected chi connectivity index (χ0v) is 11.5. The maximum atomic E-state index is 11.5. The van der Waals surface area contributed by atoms with Crippen molar-refractivity contribution in [2.24, 2.45) is 0 Å². The number of carbonyl (C=O) groups is 1. The Bertz CT molecular complexity index is 610. The highest BCUT2D eigenvalue weighted by Crippen LogP contribution is 2.22. The Morgan fingerprint density at radius 1 is 1.35 bits per heavy atom. The molecule has 0 spiro atoms. The van der Waals surface area contributed by atoms with Gasteiger partial charge in [0.15, 0.2) is 0 Å². The van der Waals surface area contributed by atoms with Crippen molar-refractivity contribution in [2.45, 2.75) is 19.3 Å². The number of aliphatic carboxylic acids is 1. The van der Waals surface area contributed by atoms with Crippen LogP contribution in [0.3, 0.4) is 0 Å². The van der Waals surface area contributed by atoms with E-state index in [0.717, 1.165) is 16.9 Å². The van der Waals surface area contributed by atoms with Crippen molar-refractivity contribution < 1.29 is 14.6 Å². The molecule has 0 saturated carbocycles. The summed E-state index contributed by atoms with van der Waals surface area (Å²) in [5, 5.41) is 9.43. The zero-order chi connectivity index (χ0) is 14.5. The highest BCUT2D eigenvalue weighted by atomic mass is 16.5. The van der Waals surface area contributed by atoms with Gasteiger partial charge in [0.2, 0.25) is 0 Å². The van der Waals surface area contributed by atoms with E-state index in [4.69, 9.17) is 4.74 Å². The Hall–Kier alpha value is -2.36. The fourth-order valence-corrected chi connectivity index (χ4v) is 2.10. The summed E-state index contributed by atoms with van der Waals surface area (Å²) in [6.45, 7) is 1.93. The molecular weight excluding hydrogens is 254 g/mol. The summed E-state index contributed by atoms with van der Waals surface area (Å²) in [5.74, 6) is -0.795. The van der Waals surface area contributed by atoms with Crippen LogP contribution in [0.2, 0.25) is 0 Å². The molecule has 0 bridgehead atoms. The second kappa shape index (κ2) is 6.19. The van der Waals surface area contributed by atoms with Crippen LogP contribution in [0, 0.1) is 6.92 Å². The minimum atomic E-state index is -0.870. The quantitative estimate of drug-likeness (QED) is 0.908. The number of carboxylic acid groups (broad SMARTS) is 1. The third kappa shape index (κ3) is 3.35. The molecule has 1 unspecified atom stereocenters. The largest absolute Gasteiger partial charge is 0.497 e. The van der Waals surface area contributed by atoms with Crippen LogP contribution < -0.4 is 4.74 Å². The molecule has 0 aliphatic heterocycles. The van der Waals surface area contributed by atoms with E-state index in [1.165, 1.54) is 0 Å². The van der Waals surface area contributed by atoms with Crippen molar-refractivity contribution in [2.75, 3.05) is 7.11 Å². The minimum absolute atomic E-state index is 0.392. The Kier molecular flexibility index (Phi) is 4.35. The average Bonchev–Trinajstić information content (AvgIpc) is 2.44. The van der Waals surface area contributed by atoms with Crippen molar-refractivity contribution >= 4 is 5.97 Å². The van der Waals surface area contributed by atoms with Gasteiger partial charge in [-0.05, 0) is 48.7 Å². The van der Waals surface area contributed by atoms with Crippen molar-refractivity contribution in [1.82, 2.24) is 4.98 Å². The monoisotopic (exact) mass is 271 g/mol. The predicted molar refractivity (Wildman–Crippen MR) is 76.0 cm³/mol. The number of pyridine rings is 1. The molecule has 1 N–H and O–H groups in total. The third-order valence-electron chi connectivity index (χ3n) is 3.17. The molecule has 1 atom stereocenters. The number of aryl methyl sites for hydroxylation is 1. The summed E-state index contributed by atoms with van der Waals surface area (Å²) in [4.78, 5) is 15.7. The molecule has 104 valence electrons. The molecule has 0 aliphatic rings. The highest BCUT2D eigenvalue weighted by Gasteiger charge is 2.22. The lowest BCUT2D eigenvalue weighted by atomic mass is 9.95. The highest BCUT2D eigenvalue weighted by molar-refractivity contribution is 5.76. The van der Waals surface area contributed by atoms with Crippen molar-refractivity contribution in [1.29, 1.82) is 0 Å². The molecular formula is C16H17NO3. The molecule has 4 nitrogen and oxygen atoms in total. The lowest BCUT2D eigenvalue weighted by molar-refractivity contribution is -0.138. The Labute approximate surface area is 118 Å². The number of hydrogen-bond donors (Lipinski definition) is 1. The van der Waals surface area contributed by atoms with E-state index in [1.807, 2.05) is 43.3 Å². The number of nitrogens with zero attached hydrogens (tertiary/aromatic N) is 1. The molecule has 0 amide bonds. The molecule has 0 fully saturated rings. The van der Waals surface area contributed by atoms with Crippen molar-refractivity contribution in [3.63, 3.8) is 0 Å². The maximum absolute atomic E-state index is 11.5. The molecule has 20 heavy (non-hydrogen) atoms. The molecule has 0 aliphatic carbocycles. The van der Waals surface area contributed by atoms with Gasteiger partial charge in [0.05, 0.1) is 12.8 Å². The molecule has 1 aromatic heterocycles. The average molecular weight is 271 g/mol. The second-order valence-corrected chi connectivity index (χ2v) is 4.70. The van der Waals surface area contributed by atoms with Crippen LogP contribution in [-0.2, 0) is 11.2 Å². The zero-order valence-electron chi connectivity index (χ0n) is 11.5. The maximum Gasteiger partial charge on any atom is 0.312 e. The van der Waals surface area contributed by atoms with Crippen LogP contribution in [0.15, 0.2) is 42.6 Å². The van der Waals surface area contributed by atoms with Crippen LogP contribution in [0.25, 0.3) is 0 Å². The Morgan fingerprint density at radius 2 is 2.15 bits per heavy atom. The number of hydrogen-bond acceptors (Lipinski definition) is 3. The lowest BCUT2D eigenvalue weighted by Gasteiger charge is -2.13. The third-order valence-corrected chi connectivity index (χ3v) is 3.17. The van der Waals surface area contributed by atoms with Crippen molar-refractivity contribution in [3.05, 3.63) is 59.4 Å². The number of benzene rings is 1. The standard InChI is InChI=1S/C16H17NO3/c1-11-6-7-17-15(8-11)14(16(18)19)10-12-4-3-5-13(9-12)20-2/h3-9,14H,10H2,1-2H3,(H,18,19). The van der Waals surface area contributed by atoms with Crippen molar-refractivity contribution in [3.8, 4) is 5.75 Å². The van der Waals surface area contributed by atoms with E-state index in [1.54, 1.807) is 13.3 Å². The van der Waals surface area contributed by atoms with E-state index in [9.17, 15) is 9.90 Å². The van der Waals surface area contributed by atoms with Gasteiger partial charge < -0.3 is 9.84 Å². The lowest BCUT2D eigenvalue weighted by Crippen LogP contribution is -2.16. The number of carboxylic acids is 1.